The number of hydrogen-bond donors (Lipinski definition) is 0. The molecule has 4 heteroatoms. The average molecular weight is 373 g/mol. The fourth-order valence-corrected chi connectivity index (χ4v) is 1.12. The van der Waals surface area contributed by atoms with E-state index in [1.54, 1.807) is 12.1 Å². The molecular formula is C7H4Cl3Hf-. The maximum Gasteiger partial charge on any atom is 0.0362 e. The summed E-state index contributed by atoms with van der Waals surface area (Å²) in [5.41, 5.74) is 0.691. The predicted octanol–water partition coefficient (Wildman–Crippen LogP) is 3.83. The summed E-state index contributed by atoms with van der Waals surface area (Å²) in [6.07, 6.45) is 0. The van der Waals surface area contributed by atoms with Crippen molar-refractivity contribution in [1.29, 1.82) is 0 Å². The first-order valence-electron chi connectivity index (χ1n) is 2.58. The molecule has 0 N–H and O–H groups in total. The van der Waals surface area contributed by atoms with E-state index in [2.05, 4.69) is 6.92 Å². The minimum Gasteiger partial charge on any atom is -0.197 e. The van der Waals surface area contributed by atoms with Crippen molar-refractivity contribution in [3.8, 4) is 0 Å². The smallest absolute Gasteiger partial charge is 0.0362 e. The Morgan fingerprint density at radius 1 is 1.00 bits per heavy atom. The number of halogens is 3. The van der Waals surface area contributed by atoms with Gasteiger partial charge in [-0.2, -0.15) is 30.2 Å². The molecule has 0 saturated heterocycles. The third-order valence-electron chi connectivity index (χ3n) is 1.12. The van der Waals surface area contributed by atoms with Crippen LogP contribution in [0.15, 0.2) is 12.1 Å². The first-order valence-corrected chi connectivity index (χ1v) is 3.72. The van der Waals surface area contributed by atoms with E-state index in [1.807, 2.05) is 0 Å². The van der Waals surface area contributed by atoms with Gasteiger partial charge in [0.15, 0.2) is 0 Å². The van der Waals surface area contributed by atoms with Gasteiger partial charge in [-0.25, -0.2) is 0 Å². The van der Waals surface area contributed by atoms with Crippen LogP contribution in [0, 0.1) is 6.92 Å². The molecule has 0 atom stereocenters. The number of rotatable bonds is 0. The van der Waals surface area contributed by atoms with Gasteiger partial charge < -0.3 is 0 Å². The second-order valence-corrected chi connectivity index (χ2v) is 3.00. The van der Waals surface area contributed by atoms with Gasteiger partial charge in [0, 0.05) is 35.9 Å². The summed E-state index contributed by atoms with van der Waals surface area (Å²) in [7, 11) is 0. The monoisotopic (exact) mass is 373 g/mol. The summed E-state index contributed by atoms with van der Waals surface area (Å²) < 4.78 is 0. The molecule has 0 radical (unpaired) electrons. The molecule has 0 aromatic heterocycles. The maximum atomic E-state index is 5.70. The molecule has 0 spiro atoms. The molecule has 0 bridgehead atoms. The summed E-state index contributed by atoms with van der Waals surface area (Å²) in [5.74, 6) is 0. The SMILES string of the molecule is [CH2-]c1ccc(Cl)c(Cl)c1Cl.[Hf]. The van der Waals surface area contributed by atoms with Crippen molar-refractivity contribution in [3.05, 3.63) is 39.7 Å². The molecule has 0 unspecified atom stereocenters. The van der Waals surface area contributed by atoms with Crippen LogP contribution >= 0.6 is 34.8 Å². The Bertz CT molecular complexity index is 233. The molecule has 0 fully saturated rings. The zero-order chi connectivity index (χ0) is 7.72. The molecule has 0 aliphatic rings. The Morgan fingerprint density at radius 3 is 2.00 bits per heavy atom. The van der Waals surface area contributed by atoms with Gasteiger partial charge in [0.2, 0.25) is 0 Å². The first-order chi connectivity index (χ1) is 4.63. The van der Waals surface area contributed by atoms with Gasteiger partial charge in [0.25, 0.3) is 0 Å². The van der Waals surface area contributed by atoms with Crippen molar-refractivity contribution in [2.24, 2.45) is 0 Å². The van der Waals surface area contributed by atoms with Crippen LogP contribution in [-0.2, 0) is 25.8 Å². The van der Waals surface area contributed by atoms with E-state index in [1.165, 1.54) is 0 Å². The fraction of sp³-hybridized carbons (Fsp3) is 0. The Labute approximate surface area is 99.6 Å². The average Bonchev–Trinajstić information content (AvgIpc) is 1.93. The van der Waals surface area contributed by atoms with Crippen LogP contribution in [0.3, 0.4) is 0 Å². The van der Waals surface area contributed by atoms with Gasteiger partial charge in [-0.05, 0) is 5.02 Å². The summed E-state index contributed by atoms with van der Waals surface area (Å²) >= 11 is 17.0. The quantitative estimate of drug-likeness (QED) is 0.369. The molecule has 58 valence electrons. The van der Waals surface area contributed by atoms with Crippen molar-refractivity contribution >= 4 is 34.8 Å². The minimum atomic E-state index is 0. The second kappa shape index (κ2) is 4.76. The molecule has 11 heavy (non-hydrogen) atoms. The third kappa shape index (κ3) is 2.66. The van der Waals surface area contributed by atoms with Gasteiger partial charge >= 0.3 is 0 Å². The minimum absolute atomic E-state index is 0. The van der Waals surface area contributed by atoms with Crippen LogP contribution in [0.4, 0.5) is 0 Å². The maximum absolute atomic E-state index is 5.70. The summed E-state index contributed by atoms with van der Waals surface area (Å²) in [5, 5.41) is 1.25. The predicted molar refractivity (Wildman–Crippen MR) is 45.9 cm³/mol. The van der Waals surface area contributed by atoms with Crippen LogP contribution < -0.4 is 0 Å². The van der Waals surface area contributed by atoms with Crippen LogP contribution in [0.25, 0.3) is 0 Å². The molecule has 0 aliphatic carbocycles. The Hall–Kier alpha value is 0.830. The van der Waals surface area contributed by atoms with E-state index in [4.69, 9.17) is 34.8 Å². The second-order valence-electron chi connectivity index (χ2n) is 1.83. The van der Waals surface area contributed by atoms with Crippen molar-refractivity contribution in [2.45, 2.75) is 0 Å². The van der Waals surface area contributed by atoms with E-state index in [-0.39, 0.29) is 25.8 Å². The summed E-state index contributed by atoms with van der Waals surface area (Å²) in [6.45, 7) is 3.65. The van der Waals surface area contributed by atoms with E-state index in [9.17, 15) is 0 Å². The van der Waals surface area contributed by atoms with Crippen molar-refractivity contribution in [1.82, 2.24) is 0 Å². The van der Waals surface area contributed by atoms with Gasteiger partial charge in [0.05, 0.1) is 0 Å². The molecule has 1 rings (SSSR count). The van der Waals surface area contributed by atoms with Gasteiger partial charge in [-0.15, -0.1) is 0 Å². The van der Waals surface area contributed by atoms with Gasteiger partial charge in [0.1, 0.15) is 0 Å². The van der Waals surface area contributed by atoms with E-state index >= 15 is 0 Å². The zero-order valence-corrected chi connectivity index (χ0v) is 11.4. The Balaban J connectivity index is 0.000001000. The fourth-order valence-electron chi connectivity index (χ4n) is 0.566. The molecule has 0 nitrogen and oxygen atoms in total. The normalized spacial score (nSPS) is 9.00. The molecule has 0 heterocycles. The van der Waals surface area contributed by atoms with E-state index in [0.29, 0.717) is 20.6 Å². The van der Waals surface area contributed by atoms with Crippen molar-refractivity contribution < 1.29 is 25.8 Å². The van der Waals surface area contributed by atoms with Crippen molar-refractivity contribution in [2.75, 3.05) is 0 Å². The van der Waals surface area contributed by atoms with E-state index in [0.717, 1.165) is 0 Å². The van der Waals surface area contributed by atoms with Crippen molar-refractivity contribution in [3.63, 3.8) is 0 Å². The Kier molecular flexibility index (Phi) is 5.12. The van der Waals surface area contributed by atoms with Crippen LogP contribution in [-0.4, -0.2) is 0 Å². The Morgan fingerprint density at radius 2 is 1.55 bits per heavy atom. The topological polar surface area (TPSA) is 0 Å². The molecule has 0 aliphatic heterocycles. The molecule has 1 aromatic rings. The molecule has 0 amide bonds. The molecular weight excluding hydrogens is 369 g/mol. The van der Waals surface area contributed by atoms with Gasteiger partial charge in [-0.3, -0.25) is 0 Å². The zero-order valence-electron chi connectivity index (χ0n) is 5.50. The molecule has 1 aromatic carbocycles. The van der Waals surface area contributed by atoms with E-state index < -0.39 is 0 Å². The van der Waals surface area contributed by atoms with Crippen LogP contribution in [0.5, 0.6) is 0 Å². The van der Waals surface area contributed by atoms with Crippen LogP contribution in [0.2, 0.25) is 15.1 Å². The van der Waals surface area contributed by atoms with Gasteiger partial charge in [-0.1, -0.05) is 29.3 Å². The summed E-state index contributed by atoms with van der Waals surface area (Å²) in [4.78, 5) is 0. The number of hydrogen-bond acceptors (Lipinski definition) is 0. The van der Waals surface area contributed by atoms with Crippen LogP contribution in [0.1, 0.15) is 5.56 Å². The number of benzene rings is 1. The third-order valence-corrected chi connectivity index (χ3v) is 2.45. The largest absolute Gasteiger partial charge is 0.197 e. The summed E-state index contributed by atoms with van der Waals surface area (Å²) in [6, 6.07) is 3.38. The standard InChI is InChI=1S/C7H4Cl3.Hf/c1-4-2-3-5(8)7(10)6(4)9;/h2-3H,1H2;/q-1;. The first kappa shape index (κ1) is 11.8. The molecule has 0 saturated carbocycles.